The first-order valence-electron chi connectivity index (χ1n) is 3.71. The SMILES string of the molecule is O=[N+]([O-])c1ncn(-c2cc(Cl)ncn2)n1. The second-order valence-corrected chi connectivity index (χ2v) is 2.83. The summed E-state index contributed by atoms with van der Waals surface area (Å²) in [5.74, 6) is -0.180. The maximum Gasteiger partial charge on any atom is 0.491 e. The molecule has 0 aromatic carbocycles. The highest BCUT2D eigenvalue weighted by atomic mass is 35.5. The molecule has 2 aromatic heterocycles. The molecule has 76 valence electrons. The predicted octanol–water partition coefficient (Wildman–Crippen LogP) is 0.619. The number of halogens is 1. The van der Waals surface area contributed by atoms with Crippen molar-refractivity contribution in [1.82, 2.24) is 24.7 Å². The molecule has 2 aromatic rings. The molecular weight excluding hydrogens is 224 g/mol. The van der Waals surface area contributed by atoms with E-state index in [-0.39, 0.29) is 5.15 Å². The molecule has 0 saturated carbocycles. The Morgan fingerprint density at radius 1 is 1.40 bits per heavy atom. The van der Waals surface area contributed by atoms with E-state index in [1.54, 1.807) is 0 Å². The zero-order valence-corrected chi connectivity index (χ0v) is 7.87. The van der Waals surface area contributed by atoms with Crippen molar-refractivity contribution in [3.05, 3.63) is 34.0 Å². The van der Waals surface area contributed by atoms with Gasteiger partial charge in [0.25, 0.3) is 0 Å². The van der Waals surface area contributed by atoms with Crippen LogP contribution in [-0.4, -0.2) is 29.7 Å². The summed E-state index contributed by atoms with van der Waals surface area (Å²) in [5, 5.41) is 14.1. The van der Waals surface area contributed by atoms with Gasteiger partial charge in [0, 0.05) is 11.2 Å². The smallest absolute Gasteiger partial charge is 0.390 e. The second-order valence-electron chi connectivity index (χ2n) is 2.45. The fourth-order valence-corrected chi connectivity index (χ4v) is 1.04. The van der Waals surface area contributed by atoms with Crippen LogP contribution in [0.3, 0.4) is 0 Å². The molecule has 0 aliphatic rings. The van der Waals surface area contributed by atoms with E-state index in [9.17, 15) is 10.1 Å². The van der Waals surface area contributed by atoms with Crippen molar-refractivity contribution in [2.45, 2.75) is 0 Å². The molecule has 0 bridgehead atoms. The average Bonchev–Trinajstić information content (AvgIpc) is 2.66. The first-order valence-corrected chi connectivity index (χ1v) is 4.08. The van der Waals surface area contributed by atoms with Gasteiger partial charge in [0.1, 0.15) is 11.5 Å². The molecule has 0 aliphatic carbocycles. The van der Waals surface area contributed by atoms with Gasteiger partial charge in [-0.1, -0.05) is 16.6 Å². The minimum absolute atomic E-state index is 0.221. The van der Waals surface area contributed by atoms with E-state index < -0.39 is 10.9 Å². The highest BCUT2D eigenvalue weighted by Gasteiger charge is 2.14. The Morgan fingerprint density at radius 2 is 2.20 bits per heavy atom. The van der Waals surface area contributed by atoms with Crippen molar-refractivity contribution < 1.29 is 4.92 Å². The van der Waals surface area contributed by atoms with Gasteiger partial charge in [-0.25, -0.2) is 9.97 Å². The maximum atomic E-state index is 10.3. The van der Waals surface area contributed by atoms with Crippen LogP contribution in [0.1, 0.15) is 0 Å². The summed E-state index contributed by atoms with van der Waals surface area (Å²) in [6, 6.07) is 1.42. The van der Waals surface area contributed by atoms with Crippen molar-refractivity contribution in [2.75, 3.05) is 0 Å². The van der Waals surface area contributed by atoms with E-state index in [0.29, 0.717) is 5.82 Å². The van der Waals surface area contributed by atoms with E-state index in [1.165, 1.54) is 18.7 Å². The van der Waals surface area contributed by atoms with Crippen LogP contribution in [0.25, 0.3) is 5.82 Å². The molecule has 0 saturated heterocycles. The van der Waals surface area contributed by atoms with Gasteiger partial charge in [0.05, 0.1) is 0 Å². The van der Waals surface area contributed by atoms with Gasteiger partial charge in [-0.05, 0) is 4.92 Å². The van der Waals surface area contributed by atoms with Gasteiger partial charge in [0.15, 0.2) is 5.82 Å². The molecule has 0 atom stereocenters. The number of nitrogens with zero attached hydrogens (tertiary/aromatic N) is 6. The Bertz CT molecular complexity index is 512. The second kappa shape index (κ2) is 3.58. The normalized spacial score (nSPS) is 10.2. The summed E-state index contributed by atoms with van der Waals surface area (Å²) in [6.45, 7) is 0. The molecule has 0 aliphatic heterocycles. The van der Waals surface area contributed by atoms with Crippen molar-refractivity contribution >= 4 is 17.5 Å². The first-order chi connectivity index (χ1) is 7.16. The lowest BCUT2D eigenvalue weighted by atomic mass is 10.6. The lowest BCUT2D eigenvalue weighted by Gasteiger charge is -1.93. The van der Waals surface area contributed by atoms with Gasteiger partial charge in [0.2, 0.25) is 6.33 Å². The van der Waals surface area contributed by atoms with Crippen LogP contribution in [0.15, 0.2) is 18.7 Å². The van der Waals surface area contributed by atoms with Crippen LogP contribution < -0.4 is 0 Å². The zero-order valence-electron chi connectivity index (χ0n) is 7.11. The molecule has 0 fully saturated rings. The fourth-order valence-electron chi connectivity index (χ4n) is 0.898. The van der Waals surface area contributed by atoms with Crippen molar-refractivity contribution in [3.63, 3.8) is 0 Å². The van der Waals surface area contributed by atoms with E-state index >= 15 is 0 Å². The standard InChI is InChI=1S/C6H3ClN6O2/c7-4-1-5(9-2-8-4)12-3-10-6(11-12)13(14)15/h1-3H. The van der Waals surface area contributed by atoms with Crippen molar-refractivity contribution in [2.24, 2.45) is 0 Å². The summed E-state index contributed by atoms with van der Waals surface area (Å²) in [5.41, 5.74) is 0. The summed E-state index contributed by atoms with van der Waals surface area (Å²) >= 11 is 5.62. The fraction of sp³-hybridized carbons (Fsp3) is 0. The Labute approximate surface area is 87.7 Å². The number of aromatic nitrogens is 5. The average molecular weight is 227 g/mol. The summed E-state index contributed by atoms with van der Waals surface area (Å²) < 4.78 is 1.14. The molecule has 2 rings (SSSR count). The van der Waals surface area contributed by atoms with Crippen LogP contribution in [-0.2, 0) is 0 Å². The third-order valence-corrected chi connectivity index (χ3v) is 1.70. The van der Waals surface area contributed by atoms with Gasteiger partial charge in [-0.15, -0.1) is 4.68 Å². The van der Waals surface area contributed by atoms with Crippen molar-refractivity contribution in [3.8, 4) is 5.82 Å². The van der Waals surface area contributed by atoms with Crippen molar-refractivity contribution in [1.29, 1.82) is 0 Å². The summed E-state index contributed by atoms with van der Waals surface area (Å²) in [6.07, 6.45) is 2.40. The van der Waals surface area contributed by atoms with Crippen LogP contribution in [0, 0.1) is 10.1 Å². The van der Waals surface area contributed by atoms with Gasteiger partial charge in [-0.3, -0.25) is 0 Å². The largest absolute Gasteiger partial charge is 0.491 e. The molecule has 0 N–H and O–H groups in total. The Morgan fingerprint density at radius 3 is 2.80 bits per heavy atom. The third kappa shape index (κ3) is 1.89. The first kappa shape index (κ1) is 9.46. The molecule has 15 heavy (non-hydrogen) atoms. The van der Waals surface area contributed by atoms with Crippen LogP contribution in [0.4, 0.5) is 5.95 Å². The highest BCUT2D eigenvalue weighted by Crippen LogP contribution is 2.09. The predicted molar refractivity (Wildman–Crippen MR) is 48.6 cm³/mol. The number of hydrogen-bond donors (Lipinski definition) is 0. The van der Waals surface area contributed by atoms with Gasteiger partial charge in [-0.2, -0.15) is 0 Å². The third-order valence-electron chi connectivity index (χ3n) is 1.50. The van der Waals surface area contributed by atoms with E-state index in [1.807, 2.05) is 0 Å². The maximum absolute atomic E-state index is 10.3. The molecule has 0 unspecified atom stereocenters. The molecule has 0 amide bonds. The van der Waals surface area contributed by atoms with Gasteiger partial charge >= 0.3 is 5.95 Å². The minimum Gasteiger partial charge on any atom is -0.390 e. The molecule has 0 spiro atoms. The molecule has 9 heteroatoms. The number of hydrogen-bond acceptors (Lipinski definition) is 6. The zero-order chi connectivity index (χ0) is 10.8. The van der Waals surface area contributed by atoms with E-state index in [4.69, 9.17) is 11.6 Å². The van der Waals surface area contributed by atoms with Crippen LogP contribution in [0.2, 0.25) is 5.15 Å². The Balaban J connectivity index is 2.41. The molecule has 8 nitrogen and oxygen atoms in total. The lowest BCUT2D eigenvalue weighted by Crippen LogP contribution is -1.99. The lowest BCUT2D eigenvalue weighted by molar-refractivity contribution is -0.394. The molecular formula is C6H3ClN6O2. The Hall–Kier alpha value is -2.09. The van der Waals surface area contributed by atoms with Gasteiger partial charge < -0.3 is 10.1 Å². The summed E-state index contributed by atoms with van der Waals surface area (Å²) in [4.78, 5) is 20.6. The molecule has 2 heterocycles. The summed E-state index contributed by atoms with van der Waals surface area (Å²) in [7, 11) is 0. The minimum atomic E-state index is -0.695. The Kier molecular flexibility index (Phi) is 2.26. The highest BCUT2D eigenvalue weighted by molar-refractivity contribution is 6.29. The molecule has 0 radical (unpaired) electrons. The number of rotatable bonds is 2. The van der Waals surface area contributed by atoms with E-state index in [2.05, 4.69) is 20.1 Å². The monoisotopic (exact) mass is 226 g/mol. The topological polar surface area (TPSA) is 99.6 Å². The number of nitro groups is 1. The van der Waals surface area contributed by atoms with Crippen LogP contribution >= 0.6 is 11.6 Å². The quantitative estimate of drug-likeness (QED) is 0.423. The van der Waals surface area contributed by atoms with Crippen LogP contribution in [0.5, 0.6) is 0 Å². The van der Waals surface area contributed by atoms with E-state index in [0.717, 1.165) is 4.68 Å².